The van der Waals surface area contributed by atoms with Gasteiger partial charge in [0, 0.05) is 11.6 Å². The van der Waals surface area contributed by atoms with Gasteiger partial charge < -0.3 is 11.1 Å². The summed E-state index contributed by atoms with van der Waals surface area (Å²) in [5.74, 6) is 1.44. The Balaban J connectivity index is 2.23. The molecule has 0 aliphatic heterocycles. The summed E-state index contributed by atoms with van der Waals surface area (Å²) >= 11 is 0. The zero-order valence-corrected chi connectivity index (χ0v) is 7.04. The van der Waals surface area contributed by atoms with E-state index in [1.54, 1.807) is 0 Å². The van der Waals surface area contributed by atoms with Crippen molar-refractivity contribution in [2.75, 3.05) is 11.1 Å². The Morgan fingerprint density at radius 2 is 2.25 bits per heavy atom. The number of rotatable bonds is 2. The van der Waals surface area contributed by atoms with Crippen LogP contribution in [0, 0.1) is 6.92 Å². The quantitative estimate of drug-likeness (QED) is 0.682. The standard InChI is InChI=1S/C8H12N4/c1-5-7(9)10-4-11-8(5)12-6-2-3-6/h4,6H,2-3H2,1H3,(H3,9,10,11,12). The third-order valence-corrected chi connectivity index (χ3v) is 2.04. The molecule has 4 nitrogen and oxygen atoms in total. The fourth-order valence-corrected chi connectivity index (χ4v) is 1.03. The third-order valence-electron chi connectivity index (χ3n) is 2.04. The summed E-state index contributed by atoms with van der Waals surface area (Å²) in [4.78, 5) is 8.01. The SMILES string of the molecule is Cc1c(N)ncnc1NC1CC1. The Hall–Kier alpha value is -1.32. The van der Waals surface area contributed by atoms with Gasteiger partial charge in [-0.15, -0.1) is 0 Å². The minimum atomic E-state index is 0.563. The first-order valence-electron chi connectivity index (χ1n) is 4.11. The van der Waals surface area contributed by atoms with Crippen LogP contribution in [0.3, 0.4) is 0 Å². The van der Waals surface area contributed by atoms with E-state index in [9.17, 15) is 0 Å². The molecule has 3 N–H and O–H groups in total. The molecule has 0 radical (unpaired) electrons. The third kappa shape index (κ3) is 1.32. The van der Waals surface area contributed by atoms with Crippen LogP contribution >= 0.6 is 0 Å². The zero-order chi connectivity index (χ0) is 8.55. The maximum atomic E-state index is 5.63. The van der Waals surface area contributed by atoms with Gasteiger partial charge in [-0.05, 0) is 19.8 Å². The van der Waals surface area contributed by atoms with Crippen LogP contribution in [-0.4, -0.2) is 16.0 Å². The summed E-state index contributed by atoms with van der Waals surface area (Å²) in [6.45, 7) is 1.93. The topological polar surface area (TPSA) is 63.8 Å². The molecule has 1 saturated carbocycles. The van der Waals surface area contributed by atoms with Crippen molar-refractivity contribution in [2.45, 2.75) is 25.8 Å². The van der Waals surface area contributed by atoms with Gasteiger partial charge >= 0.3 is 0 Å². The molecule has 1 aliphatic carbocycles. The van der Waals surface area contributed by atoms with Crippen LogP contribution in [0.4, 0.5) is 11.6 Å². The van der Waals surface area contributed by atoms with Crippen LogP contribution in [0.1, 0.15) is 18.4 Å². The molecular weight excluding hydrogens is 152 g/mol. The normalized spacial score (nSPS) is 16.1. The van der Waals surface area contributed by atoms with Crippen molar-refractivity contribution in [3.63, 3.8) is 0 Å². The van der Waals surface area contributed by atoms with Gasteiger partial charge in [0.1, 0.15) is 18.0 Å². The van der Waals surface area contributed by atoms with Crippen LogP contribution in [0.15, 0.2) is 6.33 Å². The van der Waals surface area contributed by atoms with Gasteiger partial charge in [-0.2, -0.15) is 0 Å². The molecule has 1 aromatic heterocycles. The van der Waals surface area contributed by atoms with Gasteiger partial charge in [0.05, 0.1) is 0 Å². The van der Waals surface area contributed by atoms with Crippen molar-refractivity contribution >= 4 is 11.6 Å². The second kappa shape index (κ2) is 2.62. The highest BCUT2D eigenvalue weighted by atomic mass is 15.1. The Morgan fingerprint density at radius 1 is 1.50 bits per heavy atom. The van der Waals surface area contributed by atoms with Gasteiger partial charge in [0.15, 0.2) is 0 Å². The molecule has 1 heterocycles. The van der Waals surface area contributed by atoms with E-state index in [2.05, 4.69) is 15.3 Å². The van der Waals surface area contributed by atoms with E-state index in [1.165, 1.54) is 19.2 Å². The van der Waals surface area contributed by atoms with Gasteiger partial charge in [0.2, 0.25) is 0 Å². The minimum absolute atomic E-state index is 0.563. The lowest BCUT2D eigenvalue weighted by atomic mass is 10.3. The van der Waals surface area contributed by atoms with E-state index in [-0.39, 0.29) is 0 Å². The van der Waals surface area contributed by atoms with Crippen molar-refractivity contribution in [3.8, 4) is 0 Å². The number of hydrogen-bond donors (Lipinski definition) is 2. The van der Waals surface area contributed by atoms with Crippen molar-refractivity contribution in [3.05, 3.63) is 11.9 Å². The fourth-order valence-electron chi connectivity index (χ4n) is 1.03. The maximum Gasteiger partial charge on any atom is 0.134 e. The number of nitrogens with one attached hydrogen (secondary N) is 1. The molecule has 0 atom stereocenters. The summed E-state index contributed by atoms with van der Waals surface area (Å²) < 4.78 is 0. The largest absolute Gasteiger partial charge is 0.383 e. The highest BCUT2D eigenvalue weighted by Crippen LogP contribution is 2.25. The first-order chi connectivity index (χ1) is 5.77. The Labute approximate surface area is 71.2 Å². The molecule has 0 saturated heterocycles. The van der Waals surface area contributed by atoms with Gasteiger partial charge in [-0.25, -0.2) is 9.97 Å². The van der Waals surface area contributed by atoms with E-state index in [4.69, 9.17) is 5.73 Å². The molecule has 0 unspecified atom stereocenters. The maximum absolute atomic E-state index is 5.63. The van der Waals surface area contributed by atoms with E-state index >= 15 is 0 Å². The number of nitrogens with two attached hydrogens (primary N) is 1. The fraction of sp³-hybridized carbons (Fsp3) is 0.500. The van der Waals surface area contributed by atoms with Crippen molar-refractivity contribution < 1.29 is 0 Å². The van der Waals surface area contributed by atoms with Gasteiger partial charge in [-0.1, -0.05) is 0 Å². The molecule has 0 amide bonds. The smallest absolute Gasteiger partial charge is 0.134 e. The van der Waals surface area contributed by atoms with Gasteiger partial charge in [-0.3, -0.25) is 0 Å². The molecule has 0 bridgehead atoms. The Bertz CT molecular complexity index is 293. The first kappa shape index (κ1) is 7.34. The predicted molar refractivity (Wildman–Crippen MR) is 47.8 cm³/mol. The summed E-state index contributed by atoms with van der Waals surface area (Å²) in [7, 11) is 0. The number of anilines is 2. The summed E-state index contributed by atoms with van der Waals surface area (Å²) in [5.41, 5.74) is 6.57. The molecule has 1 fully saturated rings. The highest BCUT2D eigenvalue weighted by molar-refractivity contribution is 5.54. The van der Waals surface area contributed by atoms with Crippen molar-refractivity contribution in [1.29, 1.82) is 0 Å². The zero-order valence-electron chi connectivity index (χ0n) is 7.04. The van der Waals surface area contributed by atoms with Crippen LogP contribution in [0.25, 0.3) is 0 Å². The second-order valence-corrected chi connectivity index (χ2v) is 3.15. The van der Waals surface area contributed by atoms with Crippen LogP contribution < -0.4 is 11.1 Å². The summed E-state index contributed by atoms with van der Waals surface area (Å²) in [6, 6.07) is 0.609. The van der Waals surface area contributed by atoms with E-state index in [1.807, 2.05) is 6.92 Å². The molecule has 1 aliphatic rings. The van der Waals surface area contributed by atoms with Crippen LogP contribution in [0.2, 0.25) is 0 Å². The molecule has 12 heavy (non-hydrogen) atoms. The lowest BCUT2D eigenvalue weighted by Crippen LogP contribution is -2.07. The monoisotopic (exact) mass is 164 g/mol. The molecule has 1 aromatic rings. The van der Waals surface area contributed by atoms with Gasteiger partial charge in [0.25, 0.3) is 0 Å². The number of hydrogen-bond acceptors (Lipinski definition) is 4. The Morgan fingerprint density at radius 3 is 2.92 bits per heavy atom. The molecule has 0 aromatic carbocycles. The summed E-state index contributed by atoms with van der Waals surface area (Å²) in [5, 5.41) is 3.29. The first-order valence-corrected chi connectivity index (χ1v) is 4.11. The molecule has 4 heteroatoms. The van der Waals surface area contributed by atoms with E-state index in [0.717, 1.165) is 11.4 Å². The van der Waals surface area contributed by atoms with Crippen LogP contribution in [0.5, 0.6) is 0 Å². The van der Waals surface area contributed by atoms with E-state index < -0.39 is 0 Å². The number of nitrogens with zero attached hydrogens (tertiary/aromatic N) is 2. The highest BCUT2D eigenvalue weighted by Gasteiger charge is 2.22. The number of nitrogen functional groups attached to an aromatic ring is 1. The minimum Gasteiger partial charge on any atom is -0.383 e. The number of aromatic nitrogens is 2. The second-order valence-electron chi connectivity index (χ2n) is 3.15. The Kier molecular flexibility index (Phi) is 1.60. The lowest BCUT2D eigenvalue weighted by Gasteiger charge is -2.07. The summed E-state index contributed by atoms with van der Waals surface area (Å²) in [6.07, 6.45) is 3.97. The molecular formula is C8H12N4. The van der Waals surface area contributed by atoms with E-state index in [0.29, 0.717) is 11.9 Å². The average molecular weight is 164 g/mol. The van der Waals surface area contributed by atoms with Crippen LogP contribution in [-0.2, 0) is 0 Å². The molecule has 2 rings (SSSR count). The van der Waals surface area contributed by atoms with Crippen molar-refractivity contribution in [1.82, 2.24) is 9.97 Å². The van der Waals surface area contributed by atoms with Crippen molar-refractivity contribution in [2.24, 2.45) is 0 Å². The average Bonchev–Trinajstić information content (AvgIpc) is 2.83. The molecule has 64 valence electrons. The predicted octanol–water partition coefficient (Wildman–Crippen LogP) is 0.942. The lowest BCUT2D eigenvalue weighted by molar-refractivity contribution is 1.06. The molecule has 0 spiro atoms.